The lowest BCUT2D eigenvalue weighted by molar-refractivity contribution is 0.0751. The zero-order valence-electron chi connectivity index (χ0n) is 16.3. The minimum atomic E-state index is 0.133. The number of nitrogens with zero attached hydrogens (tertiary/aromatic N) is 6. The fraction of sp³-hybridized carbons (Fsp3) is 0.333. The van der Waals surface area contributed by atoms with Crippen LogP contribution in [0.2, 0.25) is 0 Å². The van der Waals surface area contributed by atoms with E-state index in [9.17, 15) is 4.79 Å². The number of thiophene rings is 1. The second-order valence-corrected chi connectivity index (χ2v) is 8.48. The molecule has 0 atom stereocenters. The van der Waals surface area contributed by atoms with Crippen molar-refractivity contribution in [2.24, 2.45) is 0 Å². The molecule has 3 aromatic heterocycles. The monoisotopic (exact) mass is 406 g/mol. The van der Waals surface area contributed by atoms with Gasteiger partial charge in [-0.15, -0.1) is 16.4 Å². The van der Waals surface area contributed by atoms with Crippen LogP contribution in [-0.2, 0) is 6.42 Å². The molecule has 5 rings (SSSR count). The third kappa shape index (κ3) is 3.44. The van der Waals surface area contributed by atoms with Crippen molar-refractivity contribution in [1.29, 1.82) is 0 Å². The van der Waals surface area contributed by atoms with Crippen molar-refractivity contribution in [3.05, 3.63) is 58.2 Å². The Hall–Kier alpha value is -3.00. The van der Waals surface area contributed by atoms with Crippen molar-refractivity contribution < 1.29 is 4.79 Å². The molecule has 8 heteroatoms. The van der Waals surface area contributed by atoms with Crippen LogP contribution in [0, 0.1) is 6.92 Å². The molecule has 2 aliphatic heterocycles. The Morgan fingerprint density at radius 2 is 1.79 bits per heavy atom. The average Bonchev–Trinajstić information content (AvgIpc) is 3.36. The van der Waals surface area contributed by atoms with Gasteiger partial charge in [-0.25, -0.2) is 0 Å². The van der Waals surface area contributed by atoms with Gasteiger partial charge in [0.25, 0.3) is 5.91 Å². The zero-order chi connectivity index (χ0) is 19.8. The number of rotatable bonds is 3. The molecule has 0 unspecified atom stereocenters. The molecule has 148 valence electrons. The van der Waals surface area contributed by atoms with Crippen molar-refractivity contribution in [2.75, 3.05) is 42.5 Å². The van der Waals surface area contributed by atoms with Gasteiger partial charge >= 0.3 is 0 Å². The van der Waals surface area contributed by atoms with Crippen LogP contribution in [0.15, 0.2) is 42.7 Å². The molecule has 0 N–H and O–H groups in total. The van der Waals surface area contributed by atoms with Crippen LogP contribution in [0.25, 0.3) is 0 Å². The Morgan fingerprint density at radius 3 is 2.52 bits per heavy atom. The van der Waals surface area contributed by atoms with Gasteiger partial charge in [0.15, 0.2) is 5.82 Å². The highest BCUT2D eigenvalue weighted by Crippen LogP contribution is 2.39. The van der Waals surface area contributed by atoms with Crippen molar-refractivity contribution in [3.8, 4) is 0 Å². The maximum atomic E-state index is 13.1. The van der Waals surface area contributed by atoms with Crippen LogP contribution < -0.4 is 9.80 Å². The predicted octanol–water partition coefficient (Wildman–Crippen LogP) is 2.90. The molecule has 5 heterocycles. The largest absolute Gasteiger partial charge is 0.368 e. The molecule has 0 aliphatic carbocycles. The maximum absolute atomic E-state index is 13.1. The number of aryl methyl sites for hydroxylation is 1. The smallest absolute Gasteiger partial charge is 0.264 e. The van der Waals surface area contributed by atoms with Gasteiger partial charge < -0.3 is 14.7 Å². The second kappa shape index (κ2) is 7.44. The van der Waals surface area contributed by atoms with Gasteiger partial charge in [0.1, 0.15) is 0 Å². The molecule has 1 amide bonds. The number of piperazine rings is 1. The maximum Gasteiger partial charge on any atom is 0.264 e. The first-order valence-corrected chi connectivity index (χ1v) is 10.7. The van der Waals surface area contributed by atoms with E-state index in [1.807, 2.05) is 54.5 Å². The number of carbonyl (C=O) groups excluding carboxylic acids is 1. The van der Waals surface area contributed by atoms with Gasteiger partial charge in [-0.2, -0.15) is 5.10 Å². The van der Waals surface area contributed by atoms with E-state index in [0.29, 0.717) is 0 Å². The normalized spacial score (nSPS) is 16.2. The summed E-state index contributed by atoms with van der Waals surface area (Å²) in [4.78, 5) is 25.7. The first kappa shape index (κ1) is 18.1. The molecule has 0 saturated carbocycles. The highest BCUT2D eigenvalue weighted by Gasteiger charge is 2.29. The lowest BCUT2D eigenvalue weighted by atomic mass is 10.2. The quantitative estimate of drug-likeness (QED) is 0.666. The SMILES string of the molecule is Cc1ccc(N2CCc3sc(C(=O)N4CCN(c5ccncc5)CC4)cc32)nn1. The Balaban J connectivity index is 1.28. The molecule has 1 fully saturated rings. The molecule has 3 aromatic rings. The van der Waals surface area contributed by atoms with E-state index in [1.54, 1.807) is 11.3 Å². The van der Waals surface area contributed by atoms with Crippen LogP contribution in [0.4, 0.5) is 17.2 Å². The Bertz CT molecular complexity index is 1010. The molecule has 0 bridgehead atoms. The lowest BCUT2D eigenvalue weighted by Crippen LogP contribution is -2.48. The summed E-state index contributed by atoms with van der Waals surface area (Å²) < 4.78 is 0. The van der Waals surface area contributed by atoms with E-state index in [-0.39, 0.29) is 5.91 Å². The first-order chi connectivity index (χ1) is 14.2. The number of pyridine rings is 1. The number of fused-ring (bicyclic) bond motifs is 1. The van der Waals surface area contributed by atoms with Crippen LogP contribution in [0.3, 0.4) is 0 Å². The summed E-state index contributed by atoms with van der Waals surface area (Å²) >= 11 is 1.62. The summed E-state index contributed by atoms with van der Waals surface area (Å²) in [6.07, 6.45) is 4.56. The minimum Gasteiger partial charge on any atom is -0.368 e. The number of hydrogen-bond acceptors (Lipinski definition) is 7. The molecule has 0 aromatic carbocycles. The van der Waals surface area contributed by atoms with E-state index in [1.165, 1.54) is 4.88 Å². The highest BCUT2D eigenvalue weighted by atomic mass is 32.1. The minimum absolute atomic E-state index is 0.133. The number of aromatic nitrogens is 3. The van der Waals surface area contributed by atoms with Gasteiger partial charge in [-0.3, -0.25) is 9.78 Å². The van der Waals surface area contributed by atoms with E-state index in [2.05, 4.69) is 25.0 Å². The van der Waals surface area contributed by atoms with Gasteiger partial charge in [0, 0.05) is 62.1 Å². The molecule has 7 nitrogen and oxygen atoms in total. The summed E-state index contributed by atoms with van der Waals surface area (Å²) in [7, 11) is 0. The summed E-state index contributed by atoms with van der Waals surface area (Å²) in [6, 6.07) is 10.0. The number of carbonyl (C=O) groups is 1. The summed E-state index contributed by atoms with van der Waals surface area (Å²) in [5, 5.41) is 8.49. The Kier molecular flexibility index (Phi) is 4.63. The second-order valence-electron chi connectivity index (χ2n) is 7.34. The molecule has 0 spiro atoms. The van der Waals surface area contributed by atoms with E-state index < -0.39 is 0 Å². The Morgan fingerprint density at radius 1 is 1.00 bits per heavy atom. The molecule has 2 aliphatic rings. The van der Waals surface area contributed by atoms with Crippen molar-refractivity contribution in [3.63, 3.8) is 0 Å². The molecule has 1 saturated heterocycles. The third-order valence-corrected chi connectivity index (χ3v) is 6.68. The summed E-state index contributed by atoms with van der Waals surface area (Å²) in [5.41, 5.74) is 3.17. The standard InChI is InChI=1S/C21H22N6OS/c1-15-2-3-20(24-23-15)27-9-6-18-17(27)14-19(29-18)21(28)26-12-10-25(11-13-26)16-4-7-22-8-5-16/h2-5,7-8,14H,6,9-13H2,1H3. The van der Waals surface area contributed by atoms with Crippen molar-refractivity contribution in [1.82, 2.24) is 20.1 Å². The van der Waals surface area contributed by atoms with Crippen LogP contribution in [0.1, 0.15) is 20.2 Å². The van der Waals surface area contributed by atoms with Gasteiger partial charge in [-0.05, 0) is 37.3 Å². The third-order valence-electron chi connectivity index (χ3n) is 5.51. The zero-order valence-corrected chi connectivity index (χ0v) is 17.1. The molecular formula is C21H22N6OS. The predicted molar refractivity (Wildman–Crippen MR) is 114 cm³/mol. The lowest BCUT2D eigenvalue weighted by Gasteiger charge is -2.35. The fourth-order valence-corrected chi connectivity index (χ4v) is 5.04. The number of amides is 1. The number of anilines is 3. The molecule has 0 radical (unpaired) electrons. The Labute approximate surface area is 173 Å². The van der Waals surface area contributed by atoms with E-state index in [0.717, 1.165) is 66.9 Å². The topological polar surface area (TPSA) is 65.5 Å². The van der Waals surface area contributed by atoms with Gasteiger partial charge in [-0.1, -0.05) is 0 Å². The van der Waals surface area contributed by atoms with Crippen LogP contribution >= 0.6 is 11.3 Å². The molecule has 29 heavy (non-hydrogen) atoms. The fourth-order valence-electron chi connectivity index (χ4n) is 3.92. The average molecular weight is 407 g/mol. The summed E-state index contributed by atoms with van der Waals surface area (Å²) in [5.74, 6) is 0.978. The molecular weight excluding hydrogens is 384 g/mol. The highest BCUT2D eigenvalue weighted by molar-refractivity contribution is 7.14. The summed E-state index contributed by atoms with van der Waals surface area (Å²) in [6.45, 7) is 5.96. The van der Waals surface area contributed by atoms with Crippen LogP contribution in [-0.4, -0.2) is 58.7 Å². The van der Waals surface area contributed by atoms with Crippen molar-refractivity contribution in [2.45, 2.75) is 13.3 Å². The van der Waals surface area contributed by atoms with Gasteiger partial charge in [0.2, 0.25) is 0 Å². The van der Waals surface area contributed by atoms with Gasteiger partial charge in [0.05, 0.1) is 16.3 Å². The van der Waals surface area contributed by atoms with E-state index in [4.69, 9.17) is 0 Å². The van der Waals surface area contributed by atoms with Crippen LogP contribution in [0.5, 0.6) is 0 Å². The number of hydrogen-bond donors (Lipinski definition) is 0. The van der Waals surface area contributed by atoms with Crippen molar-refractivity contribution >= 4 is 34.4 Å². The van der Waals surface area contributed by atoms with E-state index >= 15 is 0 Å². The first-order valence-electron chi connectivity index (χ1n) is 9.84.